The van der Waals surface area contributed by atoms with E-state index in [2.05, 4.69) is 32.5 Å². The van der Waals surface area contributed by atoms with Gasteiger partial charge >= 0.3 is 0 Å². The number of amides is 1. The van der Waals surface area contributed by atoms with Gasteiger partial charge in [0, 0.05) is 27.1 Å². The van der Waals surface area contributed by atoms with Crippen LogP contribution in [-0.4, -0.2) is 15.9 Å². The van der Waals surface area contributed by atoms with Crippen molar-refractivity contribution in [1.82, 2.24) is 9.97 Å². The molecule has 0 bridgehead atoms. The molecule has 36 heavy (non-hydrogen) atoms. The van der Waals surface area contributed by atoms with Gasteiger partial charge in [0.2, 0.25) is 11.9 Å². The SMILES string of the molecule is C=CC(=O)Nc1cccc(Nc2nc(Nc3ccc(/C=C/c4cc(Cl)cc(Cl)c4)cc3)ncc2F)c1. The normalized spacial score (nSPS) is 10.8. The van der Waals surface area contributed by atoms with Crippen LogP contribution in [0.2, 0.25) is 10.0 Å². The number of hydrogen-bond acceptors (Lipinski definition) is 5. The molecule has 6 nitrogen and oxygen atoms in total. The van der Waals surface area contributed by atoms with Crippen LogP contribution in [0.3, 0.4) is 0 Å². The summed E-state index contributed by atoms with van der Waals surface area (Å²) >= 11 is 12.1. The summed E-state index contributed by atoms with van der Waals surface area (Å²) in [7, 11) is 0. The Kier molecular flexibility index (Phi) is 7.95. The van der Waals surface area contributed by atoms with Crippen molar-refractivity contribution in [2.75, 3.05) is 16.0 Å². The largest absolute Gasteiger partial charge is 0.338 e. The Balaban J connectivity index is 1.44. The molecule has 0 aliphatic heterocycles. The number of rotatable bonds is 8. The van der Waals surface area contributed by atoms with Crippen molar-refractivity contribution in [3.63, 3.8) is 0 Å². The fourth-order valence-corrected chi connectivity index (χ4v) is 3.73. The van der Waals surface area contributed by atoms with Gasteiger partial charge in [-0.2, -0.15) is 4.98 Å². The molecule has 4 rings (SSSR count). The highest BCUT2D eigenvalue weighted by Crippen LogP contribution is 2.24. The van der Waals surface area contributed by atoms with Crippen molar-refractivity contribution < 1.29 is 9.18 Å². The third-order valence-corrected chi connectivity index (χ3v) is 5.28. The van der Waals surface area contributed by atoms with E-state index in [0.717, 1.165) is 23.0 Å². The first kappa shape index (κ1) is 24.9. The number of carbonyl (C=O) groups excluding carboxylic acids is 1. The molecule has 1 aromatic heterocycles. The maximum Gasteiger partial charge on any atom is 0.247 e. The van der Waals surface area contributed by atoms with Crippen LogP contribution in [0.15, 0.2) is 85.6 Å². The molecular weight excluding hydrogens is 500 g/mol. The second kappa shape index (κ2) is 11.5. The summed E-state index contributed by atoms with van der Waals surface area (Å²) < 4.78 is 14.4. The molecule has 0 aliphatic rings. The van der Waals surface area contributed by atoms with Gasteiger partial charge in [0.25, 0.3) is 0 Å². The van der Waals surface area contributed by atoms with Crippen LogP contribution in [0.1, 0.15) is 11.1 Å². The Hall–Kier alpha value is -4.20. The summed E-state index contributed by atoms with van der Waals surface area (Å²) in [5.41, 5.74) is 3.65. The van der Waals surface area contributed by atoms with Crippen molar-refractivity contribution >= 4 is 70.1 Å². The van der Waals surface area contributed by atoms with E-state index in [-0.39, 0.29) is 17.7 Å². The molecule has 3 N–H and O–H groups in total. The smallest absolute Gasteiger partial charge is 0.247 e. The van der Waals surface area contributed by atoms with Crippen LogP contribution >= 0.6 is 23.2 Å². The maximum absolute atomic E-state index is 14.4. The third-order valence-electron chi connectivity index (χ3n) is 4.84. The van der Waals surface area contributed by atoms with E-state index in [9.17, 15) is 9.18 Å². The minimum absolute atomic E-state index is 0.0144. The summed E-state index contributed by atoms with van der Waals surface area (Å²) in [6.07, 6.45) is 6.10. The molecule has 0 unspecified atom stereocenters. The maximum atomic E-state index is 14.4. The van der Waals surface area contributed by atoms with E-state index in [4.69, 9.17) is 23.2 Å². The molecule has 0 spiro atoms. The number of benzene rings is 3. The van der Waals surface area contributed by atoms with Gasteiger partial charge in [0.15, 0.2) is 11.6 Å². The number of anilines is 5. The molecular formula is C27H20Cl2FN5O. The highest BCUT2D eigenvalue weighted by atomic mass is 35.5. The van der Waals surface area contributed by atoms with E-state index >= 15 is 0 Å². The number of nitrogens with one attached hydrogen (secondary N) is 3. The van der Waals surface area contributed by atoms with Gasteiger partial charge in [-0.3, -0.25) is 4.79 Å². The number of nitrogens with zero attached hydrogens (tertiary/aromatic N) is 2. The van der Waals surface area contributed by atoms with Gasteiger partial charge in [0.05, 0.1) is 6.20 Å². The van der Waals surface area contributed by atoms with E-state index in [1.807, 2.05) is 48.6 Å². The Morgan fingerprint density at radius 1 is 0.861 bits per heavy atom. The lowest BCUT2D eigenvalue weighted by Gasteiger charge is -2.11. The van der Waals surface area contributed by atoms with Gasteiger partial charge in [0.1, 0.15) is 0 Å². The Bertz CT molecular complexity index is 1420. The highest BCUT2D eigenvalue weighted by Gasteiger charge is 2.09. The van der Waals surface area contributed by atoms with E-state index in [1.165, 1.54) is 6.08 Å². The fraction of sp³-hybridized carbons (Fsp3) is 0. The molecule has 0 radical (unpaired) electrons. The molecule has 3 aromatic carbocycles. The van der Waals surface area contributed by atoms with Crippen LogP contribution < -0.4 is 16.0 Å². The second-order valence-electron chi connectivity index (χ2n) is 7.57. The fourth-order valence-electron chi connectivity index (χ4n) is 3.19. The van der Waals surface area contributed by atoms with E-state index in [1.54, 1.807) is 30.3 Å². The summed E-state index contributed by atoms with van der Waals surface area (Å²) in [6, 6.07) is 19.7. The highest BCUT2D eigenvalue weighted by molar-refractivity contribution is 6.34. The monoisotopic (exact) mass is 519 g/mol. The summed E-state index contributed by atoms with van der Waals surface area (Å²) in [4.78, 5) is 19.8. The average Bonchev–Trinajstić information content (AvgIpc) is 2.85. The van der Waals surface area contributed by atoms with Crippen LogP contribution in [0.5, 0.6) is 0 Å². The molecule has 0 atom stereocenters. The van der Waals surface area contributed by atoms with Gasteiger partial charge in [-0.25, -0.2) is 9.37 Å². The van der Waals surface area contributed by atoms with Crippen LogP contribution in [0.4, 0.5) is 33.2 Å². The van der Waals surface area contributed by atoms with Crippen molar-refractivity contribution in [2.45, 2.75) is 0 Å². The lowest BCUT2D eigenvalue weighted by atomic mass is 10.1. The zero-order chi connectivity index (χ0) is 25.5. The number of aromatic nitrogens is 2. The van der Waals surface area contributed by atoms with Gasteiger partial charge in [-0.1, -0.05) is 60.1 Å². The molecule has 1 amide bonds. The predicted octanol–water partition coefficient (Wildman–Crippen LogP) is 7.70. The standard InChI is InChI=1S/C27H20Cl2FN5O/c1-2-25(36)32-22-4-3-5-23(15-22)33-26-24(30)16-31-27(35-26)34-21-10-8-17(9-11-21)6-7-18-12-19(28)14-20(29)13-18/h2-16H,1H2,(H,32,36)(H2,31,33,34,35)/b7-6+. The molecule has 180 valence electrons. The molecule has 0 aliphatic carbocycles. The van der Waals surface area contributed by atoms with Gasteiger partial charge < -0.3 is 16.0 Å². The number of hydrogen-bond donors (Lipinski definition) is 3. The average molecular weight is 520 g/mol. The minimum atomic E-state index is -0.623. The molecule has 0 saturated heterocycles. The van der Waals surface area contributed by atoms with Gasteiger partial charge in [-0.15, -0.1) is 0 Å². The minimum Gasteiger partial charge on any atom is -0.338 e. The summed E-state index contributed by atoms with van der Waals surface area (Å²) in [5, 5.41) is 9.76. The molecule has 0 fully saturated rings. The quantitative estimate of drug-likeness (QED) is 0.164. The summed E-state index contributed by atoms with van der Waals surface area (Å²) in [6.45, 7) is 3.42. The van der Waals surface area contributed by atoms with E-state index < -0.39 is 5.82 Å². The van der Waals surface area contributed by atoms with Gasteiger partial charge in [-0.05, 0) is 65.7 Å². The van der Waals surface area contributed by atoms with Crippen LogP contribution in [0.25, 0.3) is 12.2 Å². The topological polar surface area (TPSA) is 78.9 Å². The third kappa shape index (κ3) is 6.91. The first-order valence-corrected chi connectivity index (χ1v) is 11.5. The lowest BCUT2D eigenvalue weighted by molar-refractivity contribution is -0.111. The van der Waals surface area contributed by atoms with Crippen molar-refractivity contribution in [1.29, 1.82) is 0 Å². The van der Waals surface area contributed by atoms with Crippen molar-refractivity contribution in [3.05, 3.63) is 113 Å². The van der Waals surface area contributed by atoms with Crippen LogP contribution in [-0.2, 0) is 4.79 Å². The van der Waals surface area contributed by atoms with Crippen LogP contribution in [0, 0.1) is 5.82 Å². The van der Waals surface area contributed by atoms with E-state index in [0.29, 0.717) is 21.4 Å². The van der Waals surface area contributed by atoms with Crippen molar-refractivity contribution in [3.8, 4) is 0 Å². The Morgan fingerprint density at radius 3 is 2.28 bits per heavy atom. The Labute approximate surface area is 217 Å². The summed E-state index contributed by atoms with van der Waals surface area (Å²) in [5.74, 6) is -0.767. The molecule has 0 saturated carbocycles. The number of carbonyl (C=O) groups is 1. The lowest BCUT2D eigenvalue weighted by Crippen LogP contribution is -2.07. The molecule has 9 heteroatoms. The molecule has 1 heterocycles. The zero-order valence-electron chi connectivity index (χ0n) is 18.8. The molecule has 4 aromatic rings. The first-order chi connectivity index (χ1) is 17.4. The second-order valence-corrected chi connectivity index (χ2v) is 8.45. The number of halogens is 3. The first-order valence-electron chi connectivity index (χ1n) is 10.7. The Morgan fingerprint density at radius 2 is 1.56 bits per heavy atom. The zero-order valence-corrected chi connectivity index (χ0v) is 20.3. The van der Waals surface area contributed by atoms with Crippen molar-refractivity contribution in [2.24, 2.45) is 0 Å². The predicted molar refractivity (Wildman–Crippen MR) is 146 cm³/mol.